The van der Waals surface area contributed by atoms with Gasteiger partial charge in [0.2, 0.25) is 5.88 Å². The lowest BCUT2D eigenvalue weighted by atomic mass is 10.2. The first-order valence-corrected chi connectivity index (χ1v) is 8.64. The van der Waals surface area contributed by atoms with E-state index in [-0.39, 0.29) is 6.04 Å². The van der Waals surface area contributed by atoms with Gasteiger partial charge < -0.3 is 10.1 Å². The van der Waals surface area contributed by atoms with Crippen LogP contribution in [0.2, 0.25) is 0 Å². The molecule has 2 heterocycles. The Morgan fingerprint density at radius 2 is 2.04 bits per heavy atom. The van der Waals surface area contributed by atoms with Crippen molar-refractivity contribution in [2.24, 2.45) is 0 Å². The first-order chi connectivity index (χ1) is 12.3. The highest BCUT2D eigenvalue weighted by Gasteiger charge is 2.34. The van der Waals surface area contributed by atoms with Gasteiger partial charge in [0.25, 0.3) is 0 Å². The van der Waals surface area contributed by atoms with Crippen LogP contribution in [0.1, 0.15) is 17.5 Å². The first kappa shape index (κ1) is 18.3. The number of alkyl halides is 3. The van der Waals surface area contributed by atoms with Crippen LogP contribution in [0.3, 0.4) is 0 Å². The lowest BCUT2D eigenvalue weighted by Crippen LogP contribution is -2.17. The van der Waals surface area contributed by atoms with Crippen molar-refractivity contribution >= 4 is 27.6 Å². The number of fused-ring (bicyclic) bond motifs is 1. The zero-order chi connectivity index (χ0) is 18.7. The second-order valence-electron chi connectivity index (χ2n) is 5.61. The van der Waals surface area contributed by atoms with Crippen LogP contribution in [0.4, 0.5) is 13.2 Å². The molecular weight excluding hydrogens is 363 g/mol. The Balaban J connectivity index is 1.75. The van der Waals surface area contributed by atoms with E-state index in [1.807, 2.05) is 32.2 Å². The third-order valence-corrected chi connectivity index (χ3v) is 4.68. The maximum Gasteiger partial charge on any atom is 0.443 e. The molecule has 0 saturated heterocycles. The molecule has 26 heavy (non-hydrogen) atoms. The lowest BCUT2D eigenvalue weighted by Gasteiger charge is -2.05. The minimum atomic E-state index is -4.44. The summed E-state index contributed by atoms with van der Waals surface area (Å²) in [5.74, 6) is 0.776. The van der Waals surface area contributed by atoms with Gasteiger partial charge in [-0.25, -0.2) is 9.97 Å². The van der Waals surface area contributed by atoms with Gasteiger partial charge in [-0.2, -0.15) is 13.2 Å². The van der Waals surface area contributed by atoms with Crippen molar-refractivity contribution in [1.82, 2.24) is 15.3 Å². The molecule has 136 valence electrons. The van der Waals surface area contributed by atoms with Crippen molar-refractivity contribution in [1.29, 1.82) is 0 Å². The van der Waals surface area contributed by atoms with Crippen LogP contribution < -0.4 is 10.1 Å². The molecule has 1 N–H and O–H groups in total. The normalized spacial score (nSPS) is 13.4. The third kappa shape index (κ3) is 4.39. The summed E-state index contributed by atoms with van der Waals surface area (Å²) in [5, 5.41) is 2.23. The number of hydrogen-bond acceptors (Lipinski definition) is 5. The topological polar surface area (TPSA) is 47.0 Å². The molecular formula is C18H16F3N3OS. The van der Waals surface area contributed by atoms with Gasteiger partial charge in [-0.1, -0.05) is 12.2 Å². The molecule has 2 aromatic heterocycles. The van der Waals surface area contributed by atoms with Gasteiger partial charge in [-0.3, -0.25) is 0 Å². The summed E-state index contributed by atoms with van der Waals surface area (Å²) in [4.78, 5) is 7.81. The minimum Gasteiger partial charge on any atom is -0.439 e. The Bertz CT molecular complexity index is 920. The zero-order valence-corrected chi connectivity index (χ0v) is 14.9. The number of likely N-dealkylation sites (N-methyl/N-ethyl adjacent to an activating group) is 1. The predicted octanol–water partition coefficient (Wildman–Crippen LogP) is 5.12. The van der Waals surface area contributed by atoms with Crippen molar-refractivity contribution in [2.75, 3.05) is 7.05 Å². The molecule has 0 saturated carbocycles. The number of nitrogens with one attached hydrogen (secondary N) is 1. The number of benzene rings is 1. The van der Waals surface area contributed by atoms with Crippen molar-refractivity contribution in [3.63, 3.8) is 0 Å². The molecule has 0 bridgehead atoms. The van der Waals surface area contributed by atoms with E-state index in [1.165, 1.54) is 12.1 Å². The molecule has 0 unspecified atom stereocenters. The molecule has 0 amide bonds. The summed E-state index contributed by atoms with van der Waals surface area (Å²) in [5.41, 5.74) is 1.22. The molecule has 4 nitrogen and oxygen atoms in total. The third-order valence-electron chi connectivity index (χ3n) is 3.62. The molecule has 0 aliphatic carbocycles. The summed E-state index contributed by atoms with van der Waals surface area (Å²) in [7, 11) is 1.88. The maximum absolute atomic E-state index is 12.7. The fourth-order valence-corrected chi connectivity index (χ4v) is 2.97. The van der Waals surface area contributed by atoms with Gasteiger partial charge in [-0.15, -0.1) is 11.3 Å². The van der Waals surface area contributed by atoms with Gasteiger partial charge in [-0.05, 0) is 37.7 Å². The molecule has 0 spiro atoms. The van der Waals surface area contributed by atoms with Crippen LogP contribution in [0.5, 0.6) is 11.6 Å². The van der Waals surface area contributed by atoms with E-state index in [1.54, 1.807) is 18.3 Å². The minimum absolute atomic E-state index is 0.249. The summed E-state index contributed by atoms with van der Waals surface area (Å²) in [6.07, 6.45) is 1.18. The highest BCUT2D eigenvalue weighted by atomic mass is 32.1. The summed E-state index contributed by atoms with van der Waals surface area (Å²) in [6.45, 7) is 2.03. The predicted molar refractivity (Wildman–Crippen MR) is 96.5 cm³/mol. The standard InChI is InChI=1S/C18H16F3N3OS/c1-11(22-2)3-4-12-5-8-16(23-10-12)25-13-6-7-14-15(9-13)26-17(24-14)18(19,20)21/h3-11,22H,1-2H3/b4-3+/t11-/m0/s1. The van der Waals surface area contributed by atoms with E-state index in [0.717, 1.165) is 5.56 Å². The SMILES string of the molecule is CN[C@@H](C)/C=C/c1ccc(Oc2ccc3nc(C(F)(F)F)sc3c2)nc1. The van der Waals surface area contributed by atoms with E-state index in [9.17, 15) is 13.2 Å². The van der Waals surface area contributed by atoms with Crippen LogP contribution >= 0.6 is 11.3 Å². The van der Waals surface area contributed by atoms with Gasteiger partial charge in [0.05, 0.1) is 10.2 Å². The van der Waals surface area contributed by atoms with Gasteiger partial charge in [0, 0.05) is 24.4 Å². The average molecular weight is 379 g/mol. The molecule has 1 aromatic carbocycles. The van der Waals surface area contributed by atoms with Crippen LogP contribution in [0.25, 0.3) is 16.3 Å². The number of aromatic nitrogens is 2. The quantitative estimate of drug-likeness (QED) is 0.668. The highest BCUT2D eigenvalue weighted by molar-refractivity contribution is 7.18. The largest absolute Gasteiger partial charge is 0.443 e. The zero-order valence-electron chi connectivity index (χ0n) is 14.0. The van der Waals surface area contributed by atoms with Crippen molar-refractivity contribution in [3.05, 3.63) is 53.2 Å². The first-order valence-electron chi connectivity index (χ1n) is 7.82. The van der Waals surface area contributed by atoms with E-state index >= 15 is 0 Å². The fraction of sp³-hybridized carbons (Fsp3) is 0.222. The number of ether oxygens (including phenoxy) is 1. The van der Waals surface area contributed by atoms with Crippen LogP contribution in [-0.2, 0) is 6.18 Å². The smallest absolute Gasteiger partial charge is 0.439 e. The number of nitrogens with zero attached hydrogens (tertiary/aromatic N) is 2. The van der Waals surface area contributed by atoms with Crippen LogP contribution in [0, 0.1) is 0 Å². The molecule has 0 aliphatic rings. The van der Waals surface area contributed by atoms with Crippen molar-refractivity contribution in [2.45, 2.75) is 19.1 Å². The lowest BCUT2D eigenvalue weighted by molar-refractivity contribution is -0.137. The monoisotopic (exact) mass is 379 g/mol. The van der Waals surface area contributed by atoms with Crippen molar-refractivity contribution in [3.8, 4) is 11.6 Å². The number of pyridine rings is 1. The molecule has 1 atom stereocenters. The number of rotatable bonds is 5. The van der Waals surface area contributed by atoms with E-state index < -0.39 is 11.2 Å². The number of halogens is 3. The second-order valence-corrected chi connectivity index (χ2v) is 6.65. The van der Waals surface area contributed by atoms with Crippen molar-refractivity contribution < 1.29 is 17.9 Å². The van der Waals surface area contributed by atoms with Gasteiger partial charge in [0.15, 0.2) is 5.01 Å². The Morgan fingerprint density at radius 3 is 2.69 bits per heavy atom. The summed E-state index contributed by atoms with van der Waals surface area (Å²) in [6, 6.07) is 8.43. The molecule has 0 aliphatic heterocycles. The molecule has 0 radical (unpaired) electrons. The molecule has 3 aromatic rings. The highest BCUT2D eigenvalue weighted by Crippen LogP contribution is 2.36. The number of thiazole rings is 1. The van der Waals surface area contributed by atoms with E-state index in [2.05, 4.69) is 15.3 Å². The average Bonchev–Trinajstić information content (AvgIpc) is 3.04. The van der Waals surface area contributed by atoms with Gasteiger partial charge >= 0.3 is 6.18 Å². The molecule has 0 fully saturated rings. The fourth-order valence-electron chi connectivity index (χ4n) is 2.11. The van der Waals surface area contributed by atoms with Crippen LogP contribution in [-0.4, -0.2) is 23.1 Å². The Hall–Kier alpha value is -2.45. The van der Waals surface area contributed by atoms with Crippen LogP contribution in [0.15, 0.2) is 42.6 Å². The summed E-state index contributed by atoms with van der Waals surface area (Å²) < 4.78 is 44.3. The molecule has 8 heteroatoms. The Labute approximate surface area is 152 Å². The number of hydrogen-bond donors (Lipinski definition) is 1. The Kier molecular flexibility index (Phi) is 5.24. The summed E-state index contributed by atoms with van der Waals surface area (Å²) >= 11 is 0.591. The van der Waals surface area contributed by atoms with Gasteiger partial charge in [0.1, 0.15) is 5.75 Å². The van der Waals surface area contributed by atoms with E-state index in [0.29, 0.717) is 33.2 Å². The molecule has 3 rings (SSSR count). The second kappa shape index (κ2) is 7.43. The van der Waals surface area contributed by atoms with E-state index in [4.69, 9.17) is 4.74 Å². The Morgan fingerprint density at radius 1 is 1.23 bits per heavy atom. The maximum atomic E-state index is 12.7.